The van der Waals surface area contributed by atoms with Gasteiger partial charge in [-0.1, -0.05) is 23.9 Å². The molecule has 0 aliphatic carbocycles. The zero-order valence-corrected chi connectivity index (χ0v) is 12.8. The summed E-state index contributed by atoms with van der Waals surface area (Å²) < 4.78 is 7.47. The van der Waals surface area contributed by atoms with E-state index < -0.39 is 5.97 Å². The minimum absolute atomic E-state index is 0.0221. The van der Waals surface area contributed by atoms with Gasteiger partial charge in [-0.05, 0) is 24.6 Å². The molecule has 1 aromatic carbocycles. The molecule has 0 unspecified atom stereocenters. The van der Waals surface area contributed by atoms with Crippen molar-refractivity contribution in [2.24, 2.45) is 7.05 Å². The maximum atomic E-state index is 10.5. The van der Waals surface area contributed by atoms with Gasteiger partial charge in [0.1, 0.15) is 11.6 Å². The van der Waals surface area contributed by atoms with Crippen molar-refractivity contribution in [1.82, 2.24) is 14.8 Å². The van der Waals surface area contributed by atoms with E-state index in [1.54, 1.807) is 4.57 Å². The van der Waals surface area contributed by atoms with Crippen LogP contribution in [0, 0.1) is 6.92 Å². The lowest BCUT2D eigenvalue weighted by atomic mass is 10.2. The first kappa shape index (κ1) is 15.4. The van der Waals surface area contributed by atoms with Crippen LogP contribution < -0.4 is 4.74 Å². The Morgan fingerprint density at radius 3 is 2.95 bits per heavy atom. The second-order valence-corrected chi connectivity index (χ2v) is 5.50. The summed E-state index contributed by atoms with van der Waals surface area (Å²) in [4.78, 5) is 10.5. The summed E-state index contributed by atoms with van der Waals surface area (Å²) in [6, 6.07) is 7.86. The molecule has 2 rings (SSSR count). The molecule has 0 saturated heterocycles. The van der Waals surface area contributed by atoms with Crippen LogP contribution in [-0.2, 0) is 18.3 Å². The number of aromatic nitrogens is 3. The van der Waals surface area contributed by atoms with Gasteiger partial charge in [0.25, 0.3) is 0 Å². The van der Waals surface area contributed by atoms with Crippen LogP contribution in [0.5, 0.6) is 5.75 Å². The normalized spacial score (nSPS) is 10.6. The molecule has 1 N–H and O–H groups in total. The van der Waals surface area contributed by atoms with Crippen molar-refractivity contribution in [2.75, 3.05) is 12.4 Å². The molecular formula is C14H17N3O3S. The van der Waals surface area contributed by atoms with Crippen LogP contribution >= 0.6 is 11.8 Å². The number of hydrogen-bond acceptors (Lipinski definition) is 5. The van der Waals surface area contributed by atoms with Gasteiger partial charge in [0.15, 0.2) is 5.16 Å². The number of aryl methyl sites for hydroxylation is 1. The van der Waals surface area contributed by atoms with E-state index in [0.29, 0.717) is 18.2 Å². The summed E-state index contributed by atoms with van der Waals surface area (Å²) in [5, 5.41) is 17.3. The van der Waals surface area contributed by atoms with Gasteiger partial charge in [-0.25, -0.2) is 0 Å². The van der Waals surface area contributed by atoms with Crippen LogP contribution in [0.3, 0.4) is 0 Å². The second kappa shape index (κ2) is 7.12. The molecule has 1 aromatic heterocycles. The number of benzene rings is 1. The summed E-state index contributed by atoms with van der Waals surface area (Å²) in [5.74, 6) is 0.715. The van der Waals surface area contributed by atoms with E-state index in [9.17, 15) is 4.79 Å². The summed E-state index contributed by atoms with van der Waals surface area (Å²) >= 11 is 1.16. The predicted molar refractivity (Wildman–Crippen MR) is 79.7 cm³/mol. The average molecular weight is 307 g/mol. The number of thioether (sulfide) groups is 1. The quantitative estimate of drug-likeness (QED) is 0.788. The molecule has 0 fully saturated rings. The number of carbonyl (C=O) groups is 1. The average Bonchev–Trinajstić information content (AvgIpc) is 2.78. The molecule has 6 nitrogen and oxygen atoms in total. The highest BCUT2D eigenvalue weighted by molar-refractivity contribution is 7.99. The zero-order valence-electron chi connectivity index (χ0n) is 11.9. The standard InChI is InChI=1S/C14H17N3O3S/c1-10-4-3-5-11(8-10)20-7-6-12-15-16-14(17(12)2)21-9-13(18)19/h3-5,8H,6-7,9H2,1-2H3,(H,18,19). The van der Waals surface area contributed by atoms with E-state index in [2.05, 4.69) is 10.2 Å². The number of rotatable bonds is 7. The fraction of sp³-hybridized carbons (Fsp3) is 0.357. The summed E-state index contributed by atoms with van der Waals surface area (Å²) in [7, 11) is 1.83. The van der Waals surface area contributed by atoms with Crippen molar-refractivity contribution in [1.29, 1.82) is 0 Å². The van der Waals surface area contributed by atoms with Gasteiger partial charge in [0.2, 0.25) is 0 Å². The smallest absolute Gasteiger partial charge is 0.313 e. The van der Waals surface area contributed by atoms with Gasteiger partial charge in [-0.2, -0.15) is 0 Å². The molecule has 112 valence electrons. The van der Waals surface area contributed by atoms with Gasteiger partial charge >= 0.3 is 5.97 Å². The van der Waals surface area contributed by atoms with Gasteiger partial charge in [0.05, 0.1) is 12.4 Å². The number of carboxylic acid groups (broad SMARTS) is 1. The highest BCUT2D eigenvalue weighted by Crippen LogP contribution is 2.16. The third-order valence-corrected chi connectivity index (χ3v) is 3.84. The number of carboxylic acids is 1. The van der Waals surface area contributed by atoms with Crippen molar-refractivity contribution in [3.63, 3.8) is 0 Å². The minimum Gasteiger partial charge on any atom is -0.493 e. The molecule has 21 heavy (non-hydrogen) atoms. The van der Waals surface area contributed by atoms with Crippen LogP contribution in [0.2, 0.25) is 0 Å². The van der Waals surface area contributed by atoms with Crippen LogP contribution in [0.15, 0.2) is 29.4 Å². The number of hydrogen-bond donors (Lipinski definition) is 1. The molecule has 1 heterocycles. The summed E-state index contributed by atoms with van der Waals surface area (Å²) in [6.07, 6.45) is 0.616. The third kappa shape index (κ3) is 4.49. The lowest BCUT2D eigenvalue weighted by Gasteiger charge is -2.07. The van der Waals surface area contributed by atoms with Crippen LogP contribution in [0.4, 0.5) is 0 Å². The Morgan fingerprint density at radius 1 is 1.43 bits per heavy atom. The Morgan fingerprint density at radius 2 is 2.24 bits per heavy atom. The van der Waals surface area contributed by atoms with Crippen LogP contribution in [0.1, 0.15) is 11.4 Å². The maximum Gasteiger partial charge on any atom is 0.313 e. The Bertz CT molecular complexity index is 628. The highest BCUT2D eigenvalue weighted by Gasteiger charge is 2.10. The molecule has 0 aliphatic rings. The van der Waals surface area contributed by atoms with Gasteiger partial charge in [-0.15, -0.1) is 10.2 Å². The second-order valence-electron chi connectivity index (χ2n) is 4.56. The van der Waals surface area contributed by atoms with Crippen molar-refractivity contribution in [3.05, 3.63) is 35.7 Å². The van der Waals surface area contributed by atoms with Gasteiger partial charge in [-0.3, -0.25) is 4.79 Å². The largest absolute Gasteiger partial charge is 0.493 e. The lowest BCUT2D eigenvalue weighted by Crippen LogP contribution is -2.07. The fourth-order valence-corrected chi connectivity index (χ4v) is 2.43. The van der Waals surface area contributed by atoms with E-state index in [1.807, 2.05) is 38.2 Å². The van der Waals surface area contributed by atoms with E-state index in [4.69, 9.17) is 9.84 Å². The van der Waals surface area contributed by atoms with Crippen molar-refractivity contribution < 1.29 is 14.6 Å². The Balaban J connectivity index is 1.87. The van der Waals surface area contributed by atoms with E-state index in [1.165, 1.54) is 0 Å². The lowest BCUT2D eigenvalue weighted by molar-refractivity contribution is -0.133. The fourth-order valence-electron chi connectivity index (χ4n) is 1.78. The number of aliphatic carboxylic acids is 1. The molecule has 2 aromatic rings. The molecule has 0 amide bonds. The summed E-state index contributed by atoms with van der Waals surface area (Å²) in [5.41, 5.74) is 1.15. The van der Waals surface area contributed by atoms with E-state index in [-0.39, 0.29) is 5.75 Å². The summed E-state index contributed by atoms with van der Waals surface area (Å²) in [6.45, 7) is 2.51. The van der Waals surface area contributed by atoms with Crippen molar-refractivity contribution in [2.45, 2.75) is 18.5 Å². The SMILES string of the molecule is Cc1cccc(OCCc2nnc(SCC(=O)O)n2C)c1. The van der Waals surface area contributed by atoms with Crippen LogP contribution in [0.25, 0.3) is 0 Å². The minimum atomic E-state index is -0.868. The number of nitrogens with zero attached hydrogens (tertiary/aromatic N) is 3. The van der Waals surface area contributed by atoms with Crippen molar-refractivity contribution >= 4 is 17.7 Å². The third-order valence-electron chi connectivity index (χ3n) is 2.83. The molecule has 0 saturated carbocycles. The van der Waals surface area contributed by atoms with Gasteiger partial charge in [0, 0.05) is 13.5 Å². The van der Waals surface area contributed by atoms with Gasteiger partial charge < -0.3 is 14.4 Å². The first-order valence-corrected chi connectivity index (χ1v) is 7.47. The van der Waals surface area contributed by atoms with E-state index >= 15 is 0 Å². The van der Waals surface area contributed by atoms with E-state index in [0.717, 1.165) is 28.9 Å². The number of ether oxygens (including phenoxy) is 1. The monoisotopic (exact) mass is 307 g/mol. The molecular weight excluding hydrogens is 290 g/mol. The molecule has 0 atom stereocenters. The highest BCUT2D eigenvalue weighted by atomic mass is 32.2. The first-order valence-electron chi connectivity index (χ1n) is 6.48. The van der Waals surface area contributed by atoms with Crippen molar-refractivity contribution in [3.8, 4) is 5.75 Å². The molecule has 0 bridgehead atoms. The zero-order chi connectivity index (χ0) is 15.2. The first-order chi connectivity index (χ1) is 10.1. The molecule has 7 heteroatoms. The van der Waals surface area contributed by atoms with Crippen LogP contribution in [-0.4, -0.2) is 38.2 Å². The predicted octanol–water partition coefficient (Wildman–Crippen LogP) is 1.92. The topological polar surface area (TPSA) is 77.2 Å². The maximum absolute atomic E-state index is 10.5. The molecule has 0 aliphatic heterocycles. The Labute approximate surface area is 127 Å². The molecule has 0 radical (unpaired) electrons. The Hall–Kier alpha value is -2.02. The molecule has 0 spiro atoms. The Kier molecular flexibility index (Phi) is 5.21.